The van der Waals surface area contributed by atoms with Crippen molar-refractivity contribution in [1.29, 1.82) is 0 Å². The van der Waals surface area contributed by atoms with Gasteiger partial charge in [-0.25, -0.2) is 0 Å². The van der Waals surface area contributed by atoms with Gasteiger partial charge in [0.05, 0.1) is 13.2 Å². The van der Waals surface area contributed by atoms with Crippen LogP contribution in [0.15, 0.2) is 12.1 Å². The fourth-order valence-electron chi connectivity index (χ4n) is 2.15. The number of nitrogens with two attached hydrogens (primary N) is 1. The summed E-state index contributed by atoms with van der Waals surface area (Å²) < 4.78 is 7.61. The topological polar surface area (TPSA) is 43.4 Å². The Morgan fingerprint density at radius 1 is 1.25 bits per heavy atom. The molecule has 0 aromatic carbocycles. The third-order valence-corrected chi connectivity index (χ3v) is 3.22. The molecule has 2 rings (SSSR count). The number of ether oxygens (including phenoxy) is 1. The van der Waals surface area contributed by atoms with Crippen molar-refractivity contribution in [2.45, 2.75) is 13.0 Å². The molecule has 0 amide bonds. The molecule has 0 bridgehead atoms. The molecule has 0 aliphatic carbocycles. The molecule has 90 valence electrons. The van der Waals surface area contributed by atoms with Crippen LogP contribution in [0.1, 0.15) is 11.4 Å². The van der Waals surface area contributed by atoms with Gasteiger partial charge in [-0.05, 0) is 25.1 Å². The molecule has 0 saturated carbocycles. The van der Waals surface area contributed by atoms with Crippen LogP contribution in [0.25, 0.3) is 0 Å². The number of aromatic nitrogens is 1. The van der Waals surface area contributed by atoms with Gasteiger partial charge in [0.15, 0.2) is 0 Å². The van der Waals surface area contributed by atoms with Crippen molar-refractivity contribution in [1.82, 2.24) is 9.47 Å². The Kier molecular flexibility index (Phi) is 3.98. The fourth-order valence-corrected chi connectivity index (χ4v) is 2.15. The van der Waals surface area contributed by atoms with Crippen LogP contribution in [-0.2, 0) is 24.8 Å². The van der Waals surface area contributed by atoms with E-state index in [9.17, 15) is 0 Å². The first kappa shape index (κ1) is 11.6. The molecule has 2 heterocycles. The van der Waals surface area contributed by atoms with Crippen LogP contribution >= 0.6 is 0 Å². The van der Waals surface area contributed by atoms with Crippen LogP contribution in [0.4, 0.5) is 0 Å². The Labute approximate surface area is 97.0 Å². The molecule has 1 aromatic heterocycles. The summed E-state index contributed by atoms with van der Waals surface area (Å²) in [6, 6.07) is 4.39. The molecule has 16 heavy (non-hydrogen) atoms. The van der Waals surface area contributed by atoms with E-state index >= 15 is 0 Å². The van der Waals surface area contributed by atoms with Crippen LogP contribution in [0.2, 0.25) is 0 Å². The first-order valence-corrected chi connectivity index (χ1v) is 5.95. The molecule has 1 saturated heterocycles. The smallest absolute Gasteiger partial charge is 0.0594 e. The molecule has 1 fully saturated rings. The predicted molar refractivity (Wildman–Crippen MR) is 64.3 cm³/mol. The van der Waals surface area contributed by atoms with Gasteiger partial charge in [-0.1, -0.05) is 0 Å². The van der Waals surface area contributed by atoms with Crippen LogP contribution in [0.3, 0.4) is 0 Å². The lowest BCUT2D eigenvalue weighted by Gasteiger charge is -2.26. The second-order valence-corrected chi connectivity index (χ2v) is 4.30. The third-order valence-electron chi connectivity index (χ3n) is 3.22. The lowest BCUT2D eigenvalue weighted by Crippen LogP contribution is -2.36. The summed E-state index contributed by atoms with van der Waals surface area (Å²) in [4.78, 5) is 2.44. The lowest BCUT2D eigenvalue weighted by atomic mass is 10.3. The summed E-state index contributed by atoms with van der Waals surface area (Å²) in [7, 11) is 2.13. The Hall–Kier alpha value is -0.840. The zero-order valence-electron chi connectivity index (χ0n) is 9.98. The fraction of sp³-hybridized carbons (Fsp3) is 0.667. The summed E-state index contributed by atoms with van der Waals surface area (Å²) in [6.07, 6.45) is 0.958. The summed E-state index contributed by atoms with van der Waals surface area (Å²) >= 11 is 0. The van der Waals surface area contributed by atoms with E-state index in [1.165, 1.54) is 11.4 Å². The molecule has 0 atom stereocenters. The van der Waals surface area contributed by atoms with Crippen molar-refractivity contribution in [3.05, 3.63) is 23.5 Å². The van der Waals surface area contributed by atoms with E-state index in [-0.39, 0.29) is 0 Å². The molecular weight excluding hydrogens is 202 g/mol. The minimum Gasteiger partial charge on any atom is -0.379 e. The molecule has 1 aromatic rings. The quantitative estimate of drug-likeness (QED) is 0.801. The molecule has 0 unspecified atom stereocenters. The summed E-state index contributed by atoms with van der Waals surface area (Å²) in [5.41, 5.74) is 8.27. The summed E-state index contributed by atoms with van der Waals surface area (Å²) in [6.45, 7) is 5.54. The van der Waals surface area contributed by atoms with Crippen LogP contribution in [-0.4, -0.2) is 42.3 Å². The van der Waals surface area contributed by atoms with Crippen molar-refractivity contribution in [3.8, 4) is 0 Å². The van der Waals surface area contributed by atoms with Crippen molar-refractivity contribution in [2.24, 2.45) is 12.8 Å². The van der Waals surface area contributed by atoms with Crippen molar-refractivity contribution < 1.29 is 4.74 Å². The Balaban J connectivity index is 1.97. The van der Waals surface area contributed by atoms with Gasteiger partial charge in [0.1, 0.15) is 0 Å². The van der Waals surface area contributed by atoms with Gasteiger partial charge in [-0.15, -0.1) is 0 Å². The minimum atomic E-state index is 0.717. The van der Waals surface area contributed by atoms with E-state index in [2.05, 4.69) is 28.6 Å². The Morgan fingerprint density at radius 2 is 1.94 bits per heavy atom. The number of rotatable bonds is 4. The number of morpholine rings is 1. The van der Waals surface area contributed by atoms with Crippen LogP contribution < -0.4 is 5.73 Å². The second kappa shape index (κ2) is 5.48. The molecule has 1 aliphatic rings. The third kappa shape index (κ3) is 2.64. The van der Waals surface area contributed by atoms with Gasteiger partial charge < -0.3 is 15.0 Å². The van der Waals surface area contributed by atoms with Crippen molar-refractivity contribution >= 4 is 0 Å². The van der Waals surface area contributed by atoms with E-state index in [0.29, 0.717) is 0 Å². The SMILES string of the molecule is Cn1c(CCN)ccc1CN1CCOCC1. The van der Waals surface area contributed by atoms with Gasteiger partial charge in [-0.2, -0.15) is 0 Å². The standard InChI is InChI=1S/C12H21N3O/c1-14-11(4-5-13)2-3-12(14)10-15-6-8-16-9-7-15/h2-3H,4-10,13H2,1H3. The molecular formula is C12H21N3O. The van der Waals surface area contributed by atoms with E-state index in [1.807, 2.05) is 0 Å². The predicted octanol–water partition coefficient (Wildman–Crippen LogP) is 0.359. The maximum Gasteiger partial charge on any atom is 0.0594 e. The Bertz CT molecular complexity index is 329. The Morgan fingerprint density at radius 3 is 2.62 bits per heavy atom. The largest absolute Gasteiger partial charge is 0.379 e. The molecule has 0 radical (unpaired) electrons. The van der Waals surface area contributed by atoms with Crippen LogP contribution in [0.5, 0.6) is 0 Å². The first-order valence-electron chi connectivity index (χ1n) is 5.95. The van der Waals surface area contributed by atoms with E-state index < -0.39 is 0 Å². The highest BCUT2D eigenvalue weighted by Gasteiger charge is 2.12. The van der Waals surface area contributed by atoms with Gasteiger partial charge in [0.25, 0.3) is 0 Å². The molecule has 4 heteroatoms. The zero-order valence-corrected chi connectivity index (χ0v) is 9.98. The van der Waals surface area contributed by atoms with Gasteiger partial charge in [0.2, 0.25) is 0 Å². The second-order valence-electron chi connectivity index (χ2n) is 4.30. The molecule has 1 aliphatic heterocycles. The van der Waals surface area contributed by atoms with Crippen molar-refractivity contribution in [2.75, 3.05) is 32.8 Å². The summed E-state index contributed by atoms with van der Waals surface area (Å²) in [5, 5.41) is 0. The van der Waals surface area contributed by atoms with Crippen molar-refractivity contribution in [3.63, 3.8) is 0 Å². The minimum absolute atomic E-state index is 0.717. The number of hydrogen-bond donors (Lipinski definition) is 1. The zero-order chi connectivity index (χ0) is 11.4. The van der Waals surface area contributed by atoms with E-state index in [1.54, 1.807) is 0 Å². The average molecular weight is 223 g/mol. The first-order chi connectivity index (χ1) is 7.81. The van der Waals surface area contributed by atoms with E-state index in [0.717, 1.165) is 45.8 Å². The highest BCUT2D eigenvalue weighted by atomic mass is 16.5. The normalized spacial score (nSPS) is 17.9. The molecule has 2 N–H and O–H groups in total. The number of hydrogen-bond acceptors (Lipinski definition) is 3. The number of nitrogens with zero attached hydrogens (tertiary/aromatic N) is 2. The monoisotopic (exact) mass is 223 g/mol. The highest BCUT2D eigenvalue weighted by Crippen LogP contribution is 2.11. The average Bonchev–Trinajstić information content (AvgIpc) is 2.64. The van der Waals surface area contributed by atoms with E-state index in [4.69, 9.17) is 10.5 Å². The lowest BCUT2D eigenvalue weighted by molar-refractivity contribution is 0.0333. The van der Waals surface area contributed by atoms with Crippen LogP contribution in [0, 0.1) is 0 Å². The molecule has 4 nitrogen and oxygen atoms in total. The van der Waals surface area contributed by atoms with Gasteiger partial charge >= 0.3 is 0 Å². The summed E-state index contributed by atoms with van der Waals surface area (Å²) in [5.74, 6) is 0. The maximum absolute atomic E-state index is 5.58. The van der Waals surface area contributed by atoms with Gasteiger partial charge in [-0.3, -0.25) is 4.90 Å². The maximum atomic E-state index is 5.58. The van der Waals surface area contributed by atoms with Gasteiger partial charge in [0, 0.05) is 38.1 Å². The highest BCUT2D eigenvalue weighted by molar-refractivity contribution is 5.16. The molecule has 0 spiro atoms.